The molecule has 0 spiro atoms. The van der Waals surface area contributed by atoms with Gasteiger partial charge in [-0.2, -0.15) is 0 Å². The number of nitrogens with two attached hydrogens (primary N) is 2. The van der Waals surface area contributed by atoms with Crippen LogP contribution in [0.25, 0.3) is 0 Å². The van der Waals surface area contributed by atoms with Crippen molar-refractivity contribution < 1.29 is 10.6 Å². The van der Waals surface area contributed by atoms with Gasteiger partial charge in [-0.05, 0) is 13.8 Å². The monoisotopic (exact) mass is 116 g/mol. The number of rotatable bonds is 0. The summed E-state index contributed by atoms with van der Waals surface area (Å²) in [5, 5.41) is 4.84. The van der Waals surface area contributed by atoms with Crippen molar-refractivity contribution in [3.05, 3.63) is 0 Å². The third kappa shape index (κ3) is 1.46. The van der Waals surface area contributed by atoms with Gasteiger partial charge >= 0.3 is 0 Å². The molecule has 0 unspecified atom stereocenters. The molecule has 2 atom stereocenters. The number of hydrogen-bond acceptors (Lipinski definition) is 0. The first-order chi connectivity index (χ1) is 3.79. The van der Waals surface area contributed by atoms with Gasteiger partial charge in [-0.15, -0.1) is 0 Å². The SMILES string of the molecule is C[C@@H]1C[NH2+]C[C@@H](C)[NH2+]1. The molecule has 1 fully saturated rings. The van der Waals surface area contributed by atoms with E-state index in [2.05, 4.69) is 24.5 Å². The molecule has 48 valence electrons. The summed E-state index contributed by atoms with van der Waals surface area (Å²) >= 11 is 0. The van der Waals surface area contributed by atoms with E-state index in [9.17, 15) is 0 Å². The van der Waals surface area contributed by atoms with Crippen LogP contribution >= 0.6 is 0 Å². The normalized spacial score (nSPS) is 39.8. The zero-order valence-electron chi connectivity index (χ0n) is 5.72. The van der Waals surface area contributed by atoms with Crippen molar-refractivity contribution in [2.24, 2.45) is 0 Å². The molecule has 0 aliphatic carbocycles. The summed E-state index contributed by atoms with van der Waals surface area (Å²) in [6.45, 7) is 7.16. The van der Waals surface area contributed by atoms with Gasteiger partial charge in [-0.25, -0.2) is 0 Å². The summed E-state index contributed by atoms with van der Waals surface area (Å²) in [7, 11) is 0. The third-order valence-electron chi connectivity index (χ3n) is 1.73. The smallest absolute Gasteiger partial charge is 0.133 e. The molecule has 2 heteroatoms. The van der Waals surface area contributed by atoms with Crippen molar-refractivity contribution in [3.63, 3.8) is 0 Å². The highest BCUT2D eigenvalue weighted by molar-refractivity contribution is 4.48. The second kappa shape index (κ2) is 2.46. The molecule has 0 radical (unpaired) electrons. The highest BCUT2D eigenvalue weighted by Crippen LogP contribution is 1.72. The van der Waals surface area contributed by atoms with Crippen LogP contribution in [0.2, 0.25) is 0 Å². The summed E-state index contributed by atoms with van der Waals surface area (Å²) in [6.07, 6.45) is 0. The molecule has 8 heavy (non-hydrogen) atoms. The van der Waals surface area contributed by atoms with Gasteiger partial charge in [0.15, 0.2) is 0 Å². The fourth-order valence-electron chi connectivity index (χ4n) is 1.34. The van der Waals surface area contributed by atoms with Crippen LogP contribution in [-0.4, -0.2) is 25.2 Å². The Kier molecular flexibility index (Phi) is 1.86. The van der Waals surface area contributed by atoms with Crippen LogP contribution < -0.4 is 10.6 Å². The lowest BCUT2D eigenvalue weighted by Crippen LogP contribution is -3.10. The van der Waals surface area contributed by atoms with Gasteiger partial charge in [0.2, 0.25) is 0 Å². The average Bonchev–Trinajstić information content (AvgIpc) is 1.64. The highest BCUT2D eigenvalue weighted by Gasteiger charge is 2.18. The molecule has 4 N–H and O–H groups in total. The number of hydrogen-bond donors (Lipinski definition) is 2. The van der Waals surface area contributed by atoms with Gasteiger partial charge in [0.05, 0.1) is 0 Å². The van der Waals surface area contributed by atoms with E-state index < -0.39 is 0 Å². The molecular weight excluding hydrogens is 100 g/mol. The van der Waals surface area contributed by atoms with E-state index in [1.54, 1.807) is 0 Å². The molecule has 0 saturated carbocycles. The largest absolute Gasteiger partial charge is 0.336 e. The van der Waals surface area contributed by atoms with Gasteiger partial charge in [-0.1, -0.05) is 0 Å². The molecule has 1 saturated heterocycles. The first kappa shape index (κ1) is 6.05. The second-order valence-electron chi connectivity index (χ2n) is 2.91. The Labute approximate surface area is 50.7 Å². The minimum absolute atomic E-state index is 0.832. The van der Waals surface area contributed by atoms with E-state index in [-0.39, 0.29) is 0 Å². The minimum Gasteiger partial charge on any atom is -0.336 e. The average molecular weight is 116 g/mol. The Balaban J connectivity index is 2.23. The molecule has 1 heterocycles. The van der Waals surface area contributed by atoms with Crippen LogP contribution in [0.3, 0.4) is 0 Å². The molecule has 1 aliphatic rings. The summed E-state index contributed by atoms with van der Waals surface area (Å²) in [5.74, 6) is 0. The molecular formula is C6H16N2+2. The van der Waals surface area contributed by atoms with Crippen LogP contribution in [0.15, 0.2) is 0 Å². The maximum atomic E-state index is 2.44. The molecule has 0 aromatic rings. The Hall–Kier alpha value is -0.0800. The van der Waals surface area contributed by atoms with Crippen LogP contribution in [-0.2, 0) is 0 Å². The van der Waals surface area contributed by atoms with Gasteiger partial charge in [0, 0.05) is 0 Å². The van der Waals surface area contributed by atoms with E-state index >= 15 is 0 Å². The van der Waals surface area contributed by atoms with Gasteiger partial charge in [0.1, 0.15) is 25.2 Å². The third-order valence-corrected chi connectivity index (χ3v) is 1.73. The molecule has 1 rings (SSSR count). The fourth-order valence-corrected chi connectivity index (χ4v) is 1.34. The Morgan fingerprint density at radius 3 is 1.88 bits per heavy atom. The molecule has 2 nitrogen and oxygen atoms in total. The topological polar surface area (TPSA) is 33.2 Å². The van der Waals surface area contributed by atoms with Crippen molar-refractivity contribution in [2.75, 3.05) is 13.1 Å². The van der Waals surface area contributed by atoms with E-state index in [0.717, 1.165) is 12.1 Å². The van der Waals surface area contributed by atoms with Crippen LogP contribution in [0.4, 0.5) is 0 Å². The Morgan fingerprint density at radius 1 is 1.12 bits per heavy atom. The maximum Gasteiger partial charge on any atom is 0.133 e. The quantitative estimate of drug-likeness (QED) is 0.364. The lowest BCUT2D eigenvalue weighted by atomic mass is 10.2. The molecule has 0 aromatic heterocycles. The second-order valence-corrected chi connectivity index (χ2v) is 2.91. The van der Waals surface area contributed by atoms with Crippen LogP contribution in [0.1, 0.15) is 13.8 Å². The molecule has 0 aromatic carbocycles. The fraction of sp³-hybridized carbons (Fsp3) is 1.00. The lowest BCUT2D eigenvalue weighted by Gasteiger charge is -2.20. The van der Waals surface area contributed by atoms with E-state index in [1.165, 1.54) is 13.1 Å². The van der Waals surface area contributed by atoms with Crippen molar-refractivity contribution in [1.29, 1.82) is 0 Å². The summed E-state index contributed by atoms with van der Waals surface area (Å²) in [5.41, 5.74) is 0. The summed E-state index contributed by atoms with van der Waals surface area (Å²) in [6, 6.07) is 1.66. The first-order valence-electron chi connectivity index (χ1n) is 3.45. The first-order valence-corrected chi connectivity index (χ1v) is 3.45. The lowest BCUT2D eigenvalue weighted by molar-refractivity contribution is -0.830. The standard InChI is InChI=1S/C6H14N2/c1-5-3-7-4-6(2)8-5/h5-8H,3-4H2,1-2H3/p+2/t5-,6-/m1/s1. The predicted molar refractivity (Wildman–Crippen MR) is 32.5 cm³/mol. The number of quaternary nitrogens is 2. The Bertz CT molecular complexity index is 64.9. The Morgan fingerprint density at radius 2 is 1.62 bits per heavy atom. The van der Waals surface area contributed by atoms with Gasteiger partial charge in [-0.3, -0.25) is 0 Å². The van der Waals surface area contributed by atoms with E-state index in [1.807, 2.05) is 0 Å². The maximum absolute atomic E-state index is 2.44. The summed E-state index contributed by atoms with van der Waals surface area (Å²) in [4.78, 5) is 0. The predicted octanol–water partition coefficient (Wildman–Crippen LogP) is -2.10. The molecule has 0 amide bonds. The van der Waals surface area contributed by atoms with Crippen LogP contribution in [0.5, 0.6) is 0 Å². The minimum atomic E-state index is 0.832. The van der Waals surface area contributed by atoms with E-state index in [4.69, 9.17) is 0 Å². The van der Waals surface area contributed by atoms with Gasteiger partial charge < -0.3 is 10.6 Å². The highest BCUT2D eigenvalue weighted by atomic mass is 15.1. The van der Waals surface area contributed by atoms with Crippen molar-refractivity contribution in [1.82, 2.24) is 0 Å². The van der Waals surface area contributed by atoms with Crippen LogP contribution in [0, 0.1) is 0 Å². The molecule has 1 aliphatic heterocycles. The zero-order valence-corrected chi connectivity index (χ0v) is 5.72. The zero-order chi connectivity index (χ0) is 5.98. The number of piperazine rings is 1. The molecule has 0 bridgehead atoms. The summed E-state index contributed by atoms with van der Waals surface area (Å²) < 4.78 is 0. The van der Waals surface area contributed by atoms with E-state index in [0.29, 0.717) is 0 Å². The van der Waals surface area contributed by atoms with Crippen molar-refractivity contribution >= 4 is 0 Å². The van der Waals surface area contributed by atoms with Gasteiger partial charge in [0.25, 0.3) is 0 Å². The van der Waals surface area contributed by atoms with Crippen molar-refractivity contribution in [3.8, 4) is 0 Å². The van der Waals surface area contributed by atoms with Crippen molar-refractivity contribution in [2.45, 2.75) is 25.9 Å².